The fourth-order valence-electron chi connectivity index (χ4n) is 2.62. The van der Waals surface area contributed by atoms with Crippen LogP contribution in [0.5, 0.6) is 11.5 Å². The summed E-state index contributed by atoms with van der Waals surface area (Å²) in [6, 6.07) is 15.1. The predicted molar refractivity (Wildman–Crippen MR) is 106 cm³/mol. The molecule has 0 spiro atoms. The van der Waals surface area contributed by atoms with E-state index in [2.05, 4.69) is 31.9 Å². The lowest BCUT2D eigenvalue weighted by molar-refractivity contribution is 0.354. The number of nitriles is 1. The fourth-order valence-corrected chi connectivity index (χ4v) is 2.62. The molecule has 0 fully saturated rings. The SMILES string of the molecule is COc1ccc(CCNc2cnnc(Nc3ccccc3C#N)n2)cc1OC. The number of hydrogen-bond acceptors (Lipinski definition) is 8. The molecule has 1 aromatic heterocycles. The number of nitrogens with one attached hydrogen (secondary N) is 2. The molecule has 0 aliphatic heterocycles. The normalized spacial score (nSPS) is 10.0. The Morgan fingerprint density at radius 1 is 1.07 bits per heavy atom. The Labute approximate surface area is 163 Å². The van der Waals surface area contributed by atoms with E-state index in [4.69, 9.17) is 9.47 Å². The van der Waals surface area contributed by atoms with Crippen LogP contribution in [-0.2, 0) is 6.42 Å². The van der Waals surface area contributed by atoms with Crippen LogP contribution >= 0.6 is 0 Å². The van der Waals surface area contributed by atoms with Gasteiger partial charge in [0.2, 0.25) is 5.95 Å². The highest BCUT2D eigenvalue weighted by Crippen LogP contribution is 2.27. The number of benzene rings is 2. The molecule has 1 heterocycles. The summed E-state index contributed by atoms with van der Waals surface area (Å²) in [6.07, 6.45) is 2.32. The van der Waals surface area contributed by atoms with Crippen molar-refractivity contribution in [2.24, 2.45) is 0 Å². The zero-order chi connectivity index (χ0) is 19.8. The van der Waals surface area contributed by atoms with Gasteiger partial charge in [-0.25, -0.2) is 0 Å². The van der Waals surface area contributed by atoms with Crippen LogP contribution in [-0.4, -0.2) is 35.9 Å². The summed E-state index contributed by atoms with van der Waals surface area (Å²) in [6.45, 7) is 0.655. The molecule has 8 nitrogen and oxygen atoms in total. The third-order valence-electron chi connectivity index (χ3n) is 4.02. The Kier molecular flexibility index (Phi) is 6.21. The Morgan fingerprint density at radius 2 is 1.89 bits per heavy atom. The Bertz CT molecular complexity index is 986. The van der Waals surface area contributed by atoms with E-state index in [1.807, 2.05) is 24.3 Å². The van der Waals surface area contributed by atoms with Crippen LogP contribution < -0.4 is 20.1 Å². The molecule has 0 radical (unpaired) electrons. The Hall–Kier alpha value is -3.86. The predicted octanol–water partition coefficient (Wildman–Crippen LogP) is 3.16. The van der Waals surface area contributed by atoms with E-state index < -0.39 is 0 Å². The fraction of sp³-hybridized carbons (Fsp3) is 0.200. The molecule has 0 atom stereocenters. The first kappa shape index (κ1) is 18.9. The van der Waals surface area contributed by atoms with Gasteiger partial charge in [-0.3, -0.25) is 0 Å². The molecule has 3 aromatic rings. The molecule has 0 amide bonds. The molecular formula is C20H20N6O2. The van der Waals surface area contributed by atoms with Gasteiger partial charge < -0.3 is 20.1 Å². The van der Waals surface area contributed by atoms with Crippen LogP contribution in [0.25, 0.3) is 0 Å². The van der Waals surface area contributed by atoms with E-state index in [1.165, 1.54) is 0 Å². The summed E-state index contributed by atoms with van der Waals surface area (Å²) in [7, 11) is 3.23. The molecule has 8 heteroatoms. The summed E-state index contributed by atoms with van der Waals surface area (Å²) < 4.78 is 10.6. The highest BCUT2D eigenvalue weighted by Gasteiger charge is 2.06. The summed E-state index contributed by atoms with van der Waals surface area (Å²) >= 11 is 0. The molecular weight excluding hydrogens is 356 g/mol. The third-order valence-corrected chi connectivity index (χ3v) is 4.02. The van der Waals surface area contributed by atoms with Gasteiger partial charge in [0.25, 0.3) is 0 Å². The average molecular weight is 376 g/mol. The molecule has 0 aliphatic rings. The zero-order valence-electron chi connectivity index (χ0n) is 15.6. The second kappa shape index (κ2) is 9.19. The molecule has 142 valence electrons. The van der Waals surface area contributed by atoms with Gasteiger partial charge in [0.05, 0.1) is 31.7 Å². The van der Waals surface area contributed by atoms with Gasteiger partial charge in [-0.1, -0.05) is 18.2 Å². The van der Waals surface area contributed by atoms with Crippen molar-refractivity contribution in [3.05, 3.63) is 59.8 Å². The van der Waals surface area contributed by atoms with Crippen LogP contribution in [0.1, 0.15) is 11.1 Å². The first-order chi connectivity index (χ1) is 13.7. The molecule has 0 unspecified atom stereocenters. The van der Waals surface area contributed by atoms with E-state index in [0.29, 0.717) is 41.1 Å². The highest BCUT2D eigenvalue weighted by atomic mass is 16.5. The standard InChI is InChI=1S/C20H20N6O2/c1-27-17-8-7-14(11-18(17)28-2)9-10-22-19-13-23-26-20(25-19)24-16-6-4-3-5-15(16)12-21/h3-8,11,13H,9-10H2,1-2H3,(H2,22,24,25,26). The monoisotopic (exact) mass is 376 g/mol. The van der Waals surface area contributed by atoms with Gasteiger partial charge in [0.1, 0.15) is 6.07 Å². The highest BCUT2D eigenvalue weighted by molar-refractivity contribution is 5.63. The quantitative estimate of drug-likeness (QED) is 0.618. The molecule has 0 aliphatic carbocycles. The summed E-state index contributed by atoms with van der Waals surface area (Å²) in [5.41, 5.74) is 2.25. The van der Waals surface area contributed by atoms with Crippen molar-refractivity contribution < 1.29 is 9.47 Å². The largest absolute Gasteiger partial charge is 0.493 e. The molecule has 2 aromatic carbocycles. The molecule has 28 heavy (non-hydrogen) atoms. The second-order valence-electron chi connectivity index (χ2n) is 5.81. The smallest absolute Gasteiger partial charge is 0.249 e. The maximum absolute atomic E-state index is 9.17. The summed E-state index contributed by atoms with van der Waals surface area (Å²) in [5, 5.41) is 23.3. The number of para-hydroxylation sites is 1. The number of anilines is 3. The van der Waals surface area contributed by atoms with Crippen molar-refractivity contribution in [1.29, 1.82) is 5.26 Å². The summed E-state index contributed by atoms with van der Waals surface area (Å²) in [5.74, 6) is 2.31. The number of ether oxygens (including phenoxy) is 2. The average Bonchev–Trinajstić information content (AvgIpc) is 2.74. The van der Waals surface area contributed by atoms with Gasteiger partial charge in [0, 0.05) is 6.54 Å². The number of methoxy groups -OCH3 is 2. The maximum Gasteiger partial charge on any atom is 0.249 e. The molecule has 0 bridgehead atoms. The van der Waals surface area contributed by atoms with E-state index in [-0.39, 0.29) is 0 Å². The van der Waals surface area contributed by atoms with E-state index in [1.54, 1.807) is 38.6 Å². The van der Waals surface area contributed by atoms with Crippen molar-refractivity contribution in [3.8, 4) is 17.6 Å². The summed E-state index contributed by atoms with van der Waals surface area (Å²) in [4.78, 5) is 4.39. The minimum Gasteiger partial charge on any atom is -0.493 e. The van der Waals surface area contributed by atoms with Crippen molar-refractivity contribution >= 4 is 17.5 Å². The van der Waals surface area contributed by atoms with E-state index >= 15 is 0 Å². The van der Waals surface area contributed by atoms with Crippen molar-refractivity contribution in [1.82, 2.24) is 15.2 Å². The minimum atomic E-state index is 0.318. The Balaban J connectivity index is 1.61. The molecule has 3 rings (SSSR count). The van der Waals surface area contributed by atoms with Gasteiger partial charge in [-0.05, 0) is 36.2 Å². The lowest BCUT2D eigenvalue weighted by atomic mass is 10.1. The third kappa shape index (κ3) is 4.65. The molecule has 0 saturated heterocycles. The minimum absolute atomic E-state index is 0.318. The molecule has 0 saturated carbocycles. The van der Waals surface area contributed by atoms with E-state index in [9.17, 15) is 5.26 Å². The number of aromatic nitrogens is 3. The lowest BCUT2D eigenvalue weighted by Gasteiger charge is -2.11. The van der Waals surface area contributed by atoms with Crippen molar-refractivity contribution in [3.63, 3.8) is 0 Å². The van der Waals surface area contributed by atoms with Gasteiger partial charge in [-0.2, -0.15) is 15.3 Å². The van der Waals surface area contributed by atoms with Crippen LogP contribution in [0, 0.1) is 11.3 Å². The van der Waals surface area contributed by atoms with Crippen molar-refractivity contribution in [2.45, 2.75) is 6.42 Å². The van der Waals surface area contributed by atoms with Crippen LogP contribution in [0.15, 0.2) is 48.7 Å². The lowest BCUT2D eigenvalue weighted by Crippen LogP contribution is -2.09. The number of nitrogens with zero attached hydrogens (tertiary/aromatic N) is 4. The van der Waals surface area contributed by atoms with Crippen LogP contribution in [0.4, 0.5) is 17.5 Å². The maximum atomic E-state index is 9.17. The second-order valence-corrected chi connectivity index (χ2v) is 5.81. The van der Waals surface area contributed by atoms with Crippen LogP contribution in [0.2, 0.25) is 0 Å². The van der Waals surface area contributed by atoms with Gasteiger partial charge in [0.15, 0.2) is 17.3 Å². The zero-order valence-corrected chi connectivity index (χ0v) is 15.6. The topological polar surface area (TPSA) is 105 Å². The Morgan fingerprint density at radius 3 is 2.68 bits per heavy atom. The van der Waals surface area contributed by atoms with Gasteiger partial charge in [-0.15, -0.1) is 5.10 Å². The first-order valence-electron chi connectivity index (χ1n) is 8.64. The van der Waals surface area contributed by atoms with E-state index in [0.717, 1.165) is 12.0 Å². The van der Waals surface area contributed by atoms with Gasteiger partial charge >= 0.3 is 0 Å². The van der Waals surface area contributed by atoms with Crippen molar-refractivity contribution in [2.75, 3.05) is 31.4 Å². The van der Waals surface area contributed by atoms with Crippen LogP contribution in [0.3, 0.4) is 0 Å². The molecule has 2 N–H and O–H groups in total. The number of rotatable bonds is 8. The first-order valence-corrected chi connectivity index (χ1v) is 8.64. The number of hydrogen-bond donors (Lipinski definition) is 2.